The summed E-state index contributed by atoms with van der Waals surface area (Å²) in [5.74, 6) is -7.59. The number of carbonyl (C=O) groups is 4. The van der Waals surface area contributed by atoms with Gasteiger partial charge in [-0.05, 0) is 56.3 Å². The largest absolute Gasteiger partial charge is 0.508 e. The van der Waals surface area contributed by atoms with Gasteiger partial charge in [-0.2, -0.15) is 0 Å². The summed E-state index contributed by atoms with van der Waals surface area (Å²) in [5.41, 5.74) is 2.49. The van der Waals surface area contributed by atoms with Gasteiger partial charge in [0, 0.05) is 37.7 Å². The van der Waals surface area contributed by atoms with Crippen LogP contribution in [-0.2, 0) is 25.6 Å². The molecular formula is C30H40N4O8. The molecule has 12 nitrogen and oxygen atoms in total. The number of aliphatic hydroxyl groups is 3. The fourth-order valence-corrected chi connectivity index (χ4v) is 6.49. The molecule has 1 fully saturated rings. The second kappa shape index (κ2) is 10.4. The highest BCUT2D eigenvalue weighted by Crippen LogP contribution is 2.54. The highest BCUT2D eigenvalue weighted by molar-refractivity contribution is 6.24. The monoisotopic (exact) mass is 584 g/mol. The van der Waals surface area contributed by atoms with Gasteiger partial charge in [-0.15, -0.1) is 0 Å². The molecule has 4 rings (SSSR count). The number of likely N-dealkylation sites (N-methyl/N-ethyl adjacent to an activating group) is 1. The number of rotatable bonds is 6. The van der Waals surface area contributed by atoms with Crippen LogP contribution in [0.1, 0.15) is 51.2 Å². The summed E-state index contributed by atoms with van der Waals surface area (Å²) in [5, 5.41) is 48.4. The number of Topliss-reactive ketones (excluding diaryl/α,β-unsaturated/α-hetero) is 2. The van der Waals surface area contributed by atoms with Gasteiger partial charge in [0.1, 0.15) is 22.8 Å². The Bertz CT molecular complexity index is 1450. The minimum atomic E-state index is -2.72. The number of nitrogens with one attached hydrogen (secondary N) is 1. The van der Waals surface area contributed by atoms with Crippen molar-refractivity contribution in [3.63, 3.8) is 0 Å². The summed E-state index contributed by atoms with van der Waals surface area (Å²) < 4.78 is 0. The summed E-state index contributed by atoms with van der Waals surface area (Å²) in [6.07, 6.45) is 0.925. The van der Waals surface area contributed by atoms with Crippen LogP contribution in [0.2, 0.25) is 0 Å². The minimum Gasteiger partial charge on any atom is -0.508 e. The molecule has 0 bridgehead atoms. The third-order valence-corrected chi connectivity index (χ3v) is 8.56. The molecule has 0 aromatic heterocycles. The Kier molecular flexibility index (Phi) is 7.71. The van der Waals surface area contributed by atoms with Crippen LogP contribution in [0.5, 0.6) is 5.75 Å². The average Bonchev–Trinajstić information content (AvgIpc) is 2.85. The molecule has 1 saturated carbocycles. The fraction of sp³-hybridized carbons (Fsp3) is 0.533. The van der Waals surface area contributed by atoms with Crippen LogP contribution in [0.3, 0.4) is 0 Å². The third kappa shape index (κ3) is 4.82. The highest BCUT2D eigenvalue weighted by Gasteiger charge is 2.64. The Morgan fingerprint density at radius 2 is 1.74 bits per heavy atom. The van der Waals surface area contributed by atoms with Crippen LogP contribution in [-0.4, -0.2) is 88.5 Å². The van der Waals surface area contributed by atoms with Crippen molar-refractivity contribution in [3.05, 3.63) is 34.1 Å². The van der Waals surface area contributed by atoms with Crippen molar-refractivity contribution in [1.29, 1.82) is 0 Å². The quantitative estimate of drug-likeness (QED) is 0.212. The van der Waals surface area contributed by atoms with Gasteiger partial charge in [-0.3, -0.25) is 24.1 Å². The lowest BCUT2D eigenvalue weighted by Crippen LogP contribution is -2.65. The van der Waals surface area contributed by atoms with E-state index in [0.717, 1.165) is 0 Å². The van der Waals surface area contributed by atoms with Gasteiger partial charge >= 0.3 is 0 Å². The Hall–Kier alpha value is -3.90. The number of hydrogen-bond acceptors (Lipinski definition) is 10. The van der Waals surface area contributed by atoms with Crippen molar-refractivity contribution in [2.75, 3.05) is 38.4 Å². The molecule has 1 aromatic rings. The normalized spacial score (nSPS) is 25.7. The number of ketones is 2. The molecule has 1 unspecified atom stereocenters. The van der Waals surface area contributed by atoms with Crippen molar-refractivity contribution in [2.24, 2.45) is 23.0 Å². The van der Waals surface area contributed by atoms with Crippen molar-refractivity contribution >= 4 is 40.5 Å². The molecule has 4 atom stereocenters. The second-order valence-corrected chi connectivity index (χ2v) is 13.1. The molecule has 3 aliphatic carbocycles. The SMILES string of the molecule is CN(C)c1cc(NC(=O)CCC(C)(C)C)c(O)c2c1C[C@H]1C[C@H]3C(N(C)C)C(=O)C(C(N)=O)=C(O)[C@@]3(O)C(=O)C1=C2O. The molecule has 0 radical (unpaired) electrons. The molecule has 12 heteroatoms. The van der Waals surface area contributed by atoms with Crippen molar-refractivity contribution in [3.8, 4) is 5.75 Å². The number of nitrogens with two attached hydrogens (primary N) is 1. The summed E-state index contributed by atoms with van der Waals surface area (Å²) in [6, 6.07) is 0.443. The van der Waals surface area contributed by atoms with Gasteiger partial charge in [0.05, 0.1) is 17.3 Å². The van der Waals surface area contributed by atoms with Crippen molar-refractivity contribution in [1.82, 2.24) is 4.90 Å². The molecule has 0 saturated heterocycles. The van der Waals surface area contributed by atoms with Crippen LogP contribution in [0.15, 0.2) is 23.0 Å². The van der Waals surface area contributed by atoms with Crippen molar-refractivity contribution < 1.29 is 39.6 Å². The van der Waals surface area contributed by atoms with Crippen LogP contribution < -0.4 is 16.0 Å². The Morgan fingerprint density at radius 3 is 2.26 bits per heavy atom. The second-order valence-electron chi connectivity index (χ2n) is 13.1. The number of nitrogens with zero attached hydrogens (tertiary/aromatic N) is 2. The maximum atomic E-state index is 14.1. The number of benzene rings is 1. The maximum Gasteiger partial charge on any atom is 0.255 e. The van der Waals surface area contributed by atoms with Crippen LogP contribution in [0, 0.1) is 17.3 Å². The fourth-order valence-electron chi connectivity index (χ4n) is 6.49. The molecule has 3 aliphatic rings. The Labute approximate surface area is 244 Å². The molecule has 228 valence electrons. The standard InChI is InChI=1S/C30H40N4O8/c1-29(2,3)9-8-18(35)32-16-12-17(33(4)5)14-10-13-11-15-22(34(6)7)25(38)21(28(31)41)27(40)30(15,42)26(39)19(13)24(37)20(14)23(16)36/h12-13,15,22,36-37,40,42H,8-11H2,1-7H3,(H2,31,41)(H,32,35)/t13-,15-,22?,30-/m0/s1. The molecule has 0 aliphatic heterocycles. The van der Waals surface area contributed by atoms with E-state index in [4.69, 9.17) is 5.73 Å². The van der Waals surface area contributed by atoms with Gasteiger partial charge in [-0.25, -0.2) is 0 Å². The number of phenols is 1. The molecule has 7 N–H and O–H groups in total. The first-order chi connectivity index (χ1) is 19.3. The summed E-state index contributed by atoms with van der Waals surface area (Å²) in [6.45, 7) is 6.01. The predicted molar refractivity (Wildman–Crippen MR) is 156 cm³/mol. The van der Waals surface area contributed by atoms with E-state index in [1.807, 2.05) is 20.8 Å². The third-order valence-electron chi connectivity index (χ3n) is 8.56. The first-order valence-electron chi connectivity index (χ1n) is 13.8. The zero-order valence-electron chi connectivity index (χ0n) is 25.0. The van der Waals surface area contributed by atoms with E-state index >= 15 is 0 Å². The van der Waals surface area contributed by atoms with E-state index in [1.54, 1.807) is 39.2 Å². The van der Waals surface area contributed by atoms with Gasteiger partial charge in [0.25, 0.3) is 5.91 Å². The number of carbonyl (C=O) groups excluding carboxylic acids is 4. The first-order valence-corrected chi connectivity index (χ1v) is 13.8. The number of amides is 2. The lowest BCUT2D eigenvalue weighted by Gasteiger charge is -2.50. The van der Waals surface area contributed by atoms with Crippen LogP contribution >= 0.6 is 0 Å². The maximum absolute atomic E-state index is 14.1. The number of aliphatic hydroxyl groups excluding tert-OH is 2. The van der Waals surface area contributed by atoms with E-state index in [0.29, 0.717) is 17.7 Å². The smallest absolute Gasteiger partial charge is 0.255 e. The number of aromatic hydroxyl groups is 1. The molecule has 1 aromatic carbocycles. The minimum absolute atomic E-state index is 0.00924. The number of phenolic OH excluding ortho intramolecular Hbond substituents is 1. The number of hydrogen-bond donors (Lipinski definition) is 6. The lowest BCUT2D eigenvalue weighted by molar-refractivity contribution is -0.153. The molecular weight excluding hydrogens is 544 g/mol. The number of anilines is 2. The van der Waals surface area contributed by atoms with E-state index in [9.17, 15) is 39.6 Å². The van der Waals surface area contributed by atoms with Crippen LogP contribution in [0.4, 0.5) is 11.4 Å². The molecule has 0 heterocycles. The van der Waals surface area contributed by atoms with Gasteiger partial charge in [-0.1, -0.05) is 20.8 Å². The summed E-state index contributed by atoms with van der Waals surface area (Å²) in [7, 11) is 6.61. The van der Waals surface area contributed by atoms with Crippen LogP contribution in [0.25, 0.3) is 5.76 Å². The van der Waals surface area contributed by atoms with Gasteiger partial charge in [0.15, 0.2) is 11.4 Å². The van der Waals surface area contributed by atoms with E-state index < -0.39 is 63.8 Å². The van der Waals surface area contributed by atoms with E-state index in [-0.39, 0.29) is 47.4 Å². The topological polar surface area (TPSA) is 194 Å². The predicted octanol–water partition coefficient (Wildman–Crippen LogP) is 1.79. The summed E-state index contributed by atoms with van der Waals surface area (Å²) >= 11 is 0. The first kappa shape index (κ1) is 31.0. The Morgan fingerprint density at radius 1 is 1.12 bits per heavy atom. The number of fused-ring (bicyclic) bond motifs is 3. The molecule has 2 amide bonds. The van der Waals surface area contributed by atoms with Gasteiger partial charge < -0.3 is 36.4 Å². The molecule has 42 heavy (non-hydrogen) atoms. The average molecular weight is 585 g/mol. The Balaban J connectivity index is 1.89. The van der Waals surface area contributed by atoms with Gasteiger partial charge in [0.2, 0.25) is 11.7 Å². The summed E-state index contributed by atoms with van der Waals surface area (Å²) in [4.78, 5) is 55.4. The highest BCUT2D eigenvalue weighted by atomic mass is 16.3. The van der Waals surface area contributed by atoms with Crippen molar-refractivity contribution in [2.45, 2.75) is 58.1 Å². The lowest BCUT2D eigenvalue weighted by atomic mass is 9.57. The molecule has 0 spiro atoms. The zero-order valence-corrected chi connectivity index (χ0v) is 25.0. The van der Waals surface area contributed by atoms with E-state index in [2.05, 4.69) is 5.32 Å². The zero-order chi connectivity index (χ0) is 31.6. The number of primary amides is 1. The van der Waals surface area contributed by atoms with E-state index in [1.165, 1.54) is 4.90 Å².